The number of carbonyl (C=O) groups is 1. The molecule has 1 fully saturated rings. The standard InChI is InChI=1S/C25H28N2O3/c1-29-23-11-10-21(16-24(23)30-2)26-25(28)19-12-14-27(15-13-19)17-20-8-5-7-18-6-3-4-9-22(18)20/h3-11,16,19H,12-15,17H2,1-2H3,(H,26,28). The number of ether oxygens (including phenoxy) is 2. The van der Waals surface area contributed by atoms with Crippen LogP contribution in [0.3, 0.4) is 0 Å². The van der Waals surface area contributed by atoms with Crippen molar-refractivity contribution in [3.8, 4) is 11.5 Å². The molecule has 0 aliphatic carbocycles. The lowest BCUT2D eigenvalue weighted by Crippen LogP contribution is -2.37. The van der Waals surface area contributed by atoms with E-state index in [1.807, 2.05) is 6.07 Å². The Bertz CT molecular complexity index is 1020. The number of carbonyl (C=O) groups excluding carboxylic acids is 1. The summed E-state index contributed by atoms with van der Waals surface area (Å²) in [5, 5.41) is 5.62. The van der Waals surface area contributed by atoms with E-state index >= 15 is 0 Å². The molecule has 156 valence electrons. The van der Waals surface area contributed by atoms with Crippen molar-refractivity contribution < 1.29 is 14.3 Å². The smallest absolute Gasteiger partial charge is 0.227 e. The number of methoxy groups -OCH3 is 2. The van der Waals surface area contributed by atoms with Gasteiger partial charge in [-0.2, -0.15) is 0 Å². The van der Waals surface area contributed by atoms with E-state index in [1.54, 1.807) is 26.4 Å². The Morgan fingerprint density at radius 1 is 0.967 bits per heavy atom. The van der Waals surface area contributed by atoms with Crippen molar-refractivity contribution in [3.05, 3.63) is 66.2 Å². The number of benzene rings is 3. The molecule has 0 spiro atoms. The van der Waals surface area contributed by atoms with Gasteiger partial charge in [0.25, 0.3) is 0 Å². The van der Waals surface area contributed by atoms with Crippen LogP contribution >= 0.6 is 0 Å². The van der Waals surface area contributed by atoms with Crippen molar-refractivity contribution in [2.24, 2.45) is 5.92 Å². The molecule has 0 bridgehead atoms. The molecule has 1 saturated heterocycles. The van der Waals surface area contributed by atoms with Gasteiger partial charge in [0.05, 0.1) is 14.2 Å². The molecule has 4 rings (SSSR count). The Labute approximate surface area is 177 Å². The van der Waals surface area contributed by atoms with Crippen molar-refractivity contribution in [2.75, 3.05) is 32.6 Å². The maximum atomic E-state index is 12.8. The van der Waals surface area contributed by atoms with Gasteiger partial charge in [0, 0.05) is 24.2 Å². The zero-order valence-electron chi connectivity index (χ0n) is 17.6. The van der Waals surface area contributed by atoms with Crippen LogP contribution in [0.4, 0.5) is 5.69 Å². The summed E-state index contributed by atoms with van der Waals surface area (Å²) in [6.07, 6.45) is 1.73. The predicted octanol–water partition coefficient (Wildman–Crippen LogP) is 4.71. The molecule has 1 heterocycles. The number of nitrogens with one attached hydrogen (secondary N) is 1. The number of nitrogens with zero attached hydrogens (tertiary/aromatic N) is 1. The topological polar surface area (TPSA) is 50.8 Å². The summed E-state index contributed by atoms with van der Waals surface area (Å²) in [6.45, 7) is 2.77. The molecule has 0 saturated carbocycles. The van der Waals surface area contributed by atoms with E-state index in [2.05, 4.69) is 52.7 Å². The van der Waals surface area contributed by atoms with E-state index in [9.17, 15) is 4.79 Å². The summed E-state index contributed by atoms with van der Waals surface area (Å²) in [6, 6.07) is 20.5. The summed E-state index contributed by atoms with van der Waals surface area (Å²) in [5.74, 6) is 1.37. The summed E-state index contributed by atoms with van der Waals surface area (Å²) in [4.78, 5) is 15.2. The minimum atomic E-state index is 0.0295. The Kier molecular flexibility index (Phi) is 6.19. The SMILES string of the molecule is COc1ccc(NC(=O)C2CCN(Cc3cccc4ccccc34)CC2)cc1OC. The highest BCUT2D eigenvalue weighted by Gasteiger charge is 2.25. The molecule has 0 atom stereocenters. The van der Waals surface area contributed by atoms with Crippen LogP contribution in [-0.2, 0) is 11.3 Å². The fraction of sp³-hybridized carbons (Fsp3) is 0.320. The molecule has 30 heavy (non-hydrogen) atoms. The molecular weight excluding hydrogens is 376 g/mol. The molecule has 0 unspecified atom stereocenters. The third-order valence-corrected chi connectivity index (χ3v) is 5.88. The molecule has 1 N–H and O–H groups in total. The molecule has 1 aliphatic heterocycles. The molecule has 0 radical (unpaired) electrons. The fourth-order valence-corrected chi connectivity index (χ4v) is 4.18. The van der Waals surface area contributed by atoms with Crippen molar-refractivity contribution in [1.82, 2.24) is 4.90 Å². The second-order valence-corrected chi connectivity index (χ2v) is 7.75. The van der Waals surface area contributed by atoms with E-state index in [0.29, 0.717) is 11.5 Å². The van der Waals surface area contributed by atoms with E-state index in [1.165, 1.54) is 16.3 Å². The van der Waals surface area contributed by atoms with Gasteiger partial charge >= 0.3 is 0 Å². The molecule has 0 aromatic heterocycles. The summed E-state index contributed by atoms with van der Waals surface area (Å²) in [5.41, 5.74) is 2.08. The highest BCUT2D eigenvalue weighted by Crippen LogP contribution is 2.30. The predicted molar refractivity (Wildman–Crippen MR) is 120 cm³/mol. The number of hydrogen-bond acceptors (Lipinski definition) is 4. The fourth-order valence-electron chi connectivity index (χ4n) is 4.18. The zero-order chi connectivity index (χ0) is 20.9. The van der Waals surface area contributed by atoms with Crippen LogP contribution < -0.4 is 14.8 Å². The largest absolute Gasteiger partial charge is 0.493 e. The highest BCUT2D eigenvalue weighted by molar-refractivity contribution is 5.93. The molecule has 1 amide bonds. The number of piperidine rings is 1. The molecule has 1 aliphatic rings. The number of fused-ring (bicyclic) bond motifs is 1. The third kappa shape index (κ3) is 4.41. The Morgan fingerprint density at radius 3 is 2.47 bits per heavy atom. The van der Waals surface area contributed by atoms with Crippen molar-refractivity contribution in [1.29, 1.82) is 0 Å². The van der Waals surface area contributed by atoms with Gasteiger partial charge in [-0.15, -0.1) is 0 Å². The van der Waals surface area contributed by atoms with Crippen LogP contribution in [-0.4, -0.2) is 38.1 Å². The molecule has 5 nitrogen and oxygen atoms in total. The quantitative estimate of drug-likeness (QED) is 0.647. The minimum Gasteiger partial charge on any atom is -0.493 e. The van der Waals surface area contributed by atoms with Gasteiger partial charge in [-0.25, -0.2) is 0 Å². The monoisotopic (exact) mass is 404 g/mol. The van der Waals surface area contributed by atoms with Gasteiger partial charge in [-0.1, -0.05) is 42.5 Å². The van der Waals surface area contributed by atoms with E-state index < -0.39 is 0 Å². The van der Waals surface area contributed by atoms with Gasteiger partial charge in [-0.3, -0.25) is 9.69 Å². The van der Waals surface area contributed by atoms with Crippen LogP contribution in [0.15, 0.2) is 60.7 Å². The van der Waals surface area contributed by atoms with Crippen LogP contribution in [0.2, 0.25) is 0 Å². The first kappa shape index (κ1) is 20.2. The van der Waals surface area contributed by atoms with Gasteiger partial charge in [0.1, 0.15) is 0 Å². The lowest BCUT2D eigenvalue weighted by Gasteiger charge is -2.31. The summed E-state index contributed by atoms with van der Waals surface area (Å²) in [7, 11) is 3.19. The van der Waals surface area contributed by atoms with Gasteiger partial charge in [0.15, 0.2) is 11.5 Å². The molecule has 3 aromatic rings. The Morgan fingerprint density at radius 2 is 1.70 bits per heavy atom. The maximum Gasteiger partial charge on any atom is 0.227 e. The lowest BCUT2D eigenvalue weighted by molar-refractivity contribution is -0.121. The van der Waals surface area contributed by atoms with Gasteiger partial charge < -0.3 is 14.8 Å². The zero-order valence-corrected chi connectivity index (χ0v) is 17.6. The first-order valence-electron chi connectivity index (χ1n) is 10.4. The Hall–Kier alpha value is -3.05. The van der Waals surface area contributed by atoms with Gasteiger partial charge in [-0.05, 0) is 54.4 Å². The van der Waals surface area contributed by atoms with Crippen LogP contribution in [0.1, 0.15) is 18.4 Å². The average Bonchev–Trinajstić information content (AvgIpc) is 2.79. The van der Waals surface area contributed by atoms with Crippen LogP contribution in [0.25, 0.3) is 10.8 Å². The van der Waals surface area contributed by atoms with E-state index in [-0.39, 0.29) is 11.8 Å². The lowest BCUT2D eigenvalue weighted by atomic mass is 9.95. The number of rotatable bonds is 6. The first-order valence-corrected chi connectivity index (χ1v) is 10.4. The average molecular weight is 405 g/mol. The van der Waals surface area contributed by atoms with E-state index in [4.69, 9.17) is 9.47 Å². The molecule has 5 heteroatoms. The normalized spacial score (nSPS) is 15.1. The number of likely N-dealkylation sites (tertiary alicyclic amines) is 1. The molecule has 3 aromatic carbocycles. The van der Waals surface area contributed by atoms with Crippen LogP contribution in [0, 0.1) is 5.92 Å². The minimum absolute atomic E-state index is 0.0295. The van der Waals surface area contributed by atoms with Crippen molar-refractivity contribution in [3.63, 3.8) is 0 Å². The summed E-state index contributed by atoms with van der Waals surface area (Å²) < 4.78 is 10.6. The molecular formula is C25H28N2O3. The second-order valence-electron chi connectivity index (χ2n) is 7.75. The third-order valence-electron chi connectivity index (χ3n) is 5.88. The maximum absolute atomic E-state index is 12.8. The number of anilines is 1. The van der Waals surface area contributed by atoms with Crippen LogP contribution in [0.5, 0.6) is 11.5 Å². The first-order chi connectivity index (χ1) is 14.7. The van der Waals surface area contributed by atoms with Crippen molar-refractivity contribution in [2.45, 2.75) is 19.4 Å². The summed E-state index contributed by atoms with van der Waals surface area (Å²) >= 11 is 0. The van der Waals surface area contributed by atoms with Gasteiger partial charge in [0.2, 0.25) is 5.91 Å². The van der Waals surface area contributed by atoms with E-state index in [0.717, 1.165) is 38.2 Å². The van der Waals surface area contributed by atoms with Crippen molar-refractivity contribution >= 4 is 22.4 Å². The number of hydrogen-bond donors (Lipinski definition) is 1. The highest BCUT2D eigenvalue weighted by atomic mass is 16.5. The number of amides is 1. The Balaban J connectivity index is 1.34. The second kappa shape index (κ2) is 9.18.